The Hall–Kier alpha value is -2.54. The monoisotopic (exact) mass is 462 g/mol. The van der Waals surface area contributed by atoms with Crippen molar-refractivity contribution in [3.8, 4) is 5.75 Å². The van der Waals surface area contributed by atoms with Gasteiger partial charge in [0.25, 0.3) is 0 Å². The van der Waals surface area contributed by atoms with Crippen molar-refractivity contribution < 1.29 is 24.5 Å². The Morgan fingerprint density at radius 2 is 1.58 bits per heavy atom. The average Bonchev–Trinajstić information content (AvgIpc) is 2.79. The van der Waals surface area contributed by atoms with E-state index in [1.165, 1.54) is 62.6 Å². The number of nitrogens with one attached hydrogen (secondary N) is 2. The van der Waals surface area contributed by atoms with Gasteiger partial charge in [-0.15, -0.1) is 0 Å². The zero-order valence-electron chi connectivity index (χ0n) is 20.3. The molecule has 7 nitrogen and oxygen atoms in total. The highest BCUT2D eigenvalue weighted by Crippen LogP contribution is 2.24. The Bertz CT molecular complexity index is 699. The smallest absolute Gasteiger partial charge is 0.328 e. The Labute approximate surface area is 198 Å². The number of carboxylic acid groups (broad SMARTS) is 2. The molecule has 0 bridgehead atoms. The zero-order valence-corrected chi connectivity index (χ0v) is 20.3. The molecule has 186 valence electrons. The molecule has 1 aliphatic heterocycles. The second-order valence-electron chi connectivity index (χ2n) is 8.46. The van der Waals surface area contributed by atoms with Gasteiger partial charge in [0.2, 0.25) is 0 Å². The maximum atomic E-state index is 9.55. The number of ether oxygens (including phenoxy) is 1. The van der Waals surface area contributed by atoms with Crippen LogP contribution in [0.3, 0.4) is 0 Å². The van der Waals surface area contributed by atoms with Crippen molar-refractivity contribution in [3.63, 3.8) is 0 Å². The van der Waals surface area contributed by atoms with Gasteiger partial charge < -0.3 is 25.6 Å². The number of hydrogen-bond donors (Lipinski definition) is 4. The highest BCUT2D eigenvalue weighted by Gasteiger charge is 2.14. The first-order valence-corrected chi connectivity index (χ1v) is 12.3. The molecule has 4 N–H and O–H groups in total. The van der Waals surface area contributed by atoms with Gasteiger partial charge in [0.1, 0.15) is 11.9 Å². The van der Waals surface area contributed by atoms with Crippen LogP contribution in [0, 0.1) is 6.92 Å². The van der Waals surface area contributed by atoms with E-state index in [0.29, 0.717) is 18.3 Å². The third-order valence-electron chi connectivity index (χ3n) is 5.50. The lowest BCUT2D eigenvalue weighted by molar-refractivity contribution is -0.134. The minimum Gasteiger partial charge on any atom is -0.490 e. The van der Waals surface area contributed by atoms with E-state index in [4.69, 9.17) is 14.9 Å². The molecule has 0 atom stereocenters. The van der Waals surface area contributed by atoms with Crippen LogP contribution in [-0.2, 0) is 9.59 Å². The number of unbranched alkanes of at least 4 members (excludes halogenated alkanes) is 7. The normalized spacial score (nSPS) is 13.9. The van der Waals surface area contributed by atoms with Gasteiger partial charge in [-0.2, -0.15) is 0 Å². The first-order valence-electron chi connectivity index (χ1n) is 12.3. The van der Waals surface area contributed by atoms with Crippen molar-refractivity contribution in [1.29, 1.82) is 0 Å². The van der Waals surface area contributed by atoms with E-state index >= 15 is 0 Å². The van der Waals surface area contributed by atoms with Crippen LogP contribution in [0.2, 0.25) is 0 Å². The first kappa shape index (κ1) is 28.5. The van der Waals surface area contributed by atoms with E-state index in [2.05, 4.69) is 42.7 Å². The average molecular weight is 463 g/mol. The molecule has 0 spiro atoms. The molecule has 0 aliphatic carbocycles. The van der Waals surface area contributed by atoms with Gasteiger partial charge in [-0.1, -0.05) is 51.9 Å². The maximum absolute atomic E-state index is 9.55. The summed E-state index contributed by atoms with van der Waals surface area (Å²) < 4.78 is 6.12. The number of hydrogen-bond acceptors (Lipinski definition) is 5. The number of rotatable bonds is 14. The summed E-state index contributed by atoms with van der Waals surface area (Å²) in [6.45, 7) is 7.67. The van der Waals surface area contributed by atoms with Crippen molar-refractivity contribution in [2.24, 2.45) is 0 Å². The van der Waals surface area contributed by atoms with Crippen LogP contribution in [0.5, 0.6) is 5.75 Å². The lowest BCUT2D eigenvalue weighted by Gasteiger charge is -2.24. The summed E-state index contributed by atoms with van der Waals surface area (Å²) in [5, 5.41) is 22.6. The lowest BCUT2D eigenvalue weighted by Crippen LogP contribution is -2.34. The summed E-state index contributed by atoms with van der Waals surface area (Å²) in [7, 11) is 0. The largest absolute Gasteiger partial charge is 0.490 e. The van der Waals surface area contributed by atoms with E-state index < -0.39 is 11.9 Å². The number of anilines is 1. The fraction of sp³-hybridized carbons (Fsp3) is 0.615. The van der Waals surface area contributed by atoms with E-state index in [9.17, 15) is 9.59 Å². The number of carboxylic acids is 2. The van der Waals surface area contributed by atoms with E-state index in [1.54, 1.807) is 0 Å². The summed E-state index contributed by atoms with van der Waals surface area (Å²) in [5.41, 5.74) is 2.53. The van der Waals surface area contributed by atoms with Crippen LogP contribution in [0.25, 0.3) is 0 Å². The molecule has 0 unspecified atom stereocenters. The molecule has 1 fully saturated rings. The molecule has 1 saturated heterocycles. The quantitative estimate of drug-likeness (QED) is 0.217. The summed E-state index contributed by atoms with van der Waals surface area (Å²) in [4.78, 5) is 19.1. The Balaban J connectivity index is 0.000000582. The summed E-state index contributed by atoms with van der Waals surface area (Å²) in [6.07, 6.45) is 14.7. The molecule has 1 aliphatic rings. The van der Waals surface area contributed by atoms with E-state index in [0.717, 1.165) is 38.2 Å². The van der Waals surface area contributed by atoms with Crippen molar-refractivity contribution >= 4 is 17.6 Å². The molecule has 1 aromatic rings. The van der Waals surface area contributed by atoms with Crippen LogP contribution in [0.4, 0.5) is 5.69 Å². The molecular formula is C26H42N2O5. The number of piperidine rings is 1. The van der Waals surface area contributed by atoms with Gasteiger partial charge in [-0.25, -0.2) is 9.59 Å². The van der Waals surface area contributed by atoms with Gasteiger partial charge in [0, 0.05) is 24.4 Å². The molecule has 0 aromatic heterocycles. The van der Waals surface area contributed by atoms with Crippen LogP contribution in [0.15, 0.2) is 30.4 Å². The number of aliphatic carboxylic acids is 2. The number of carbonyl (C=O) groups is 2. The standard InChI is InChI=1S/C22H38N2O.C4H4O4/c1-3-4-5-6-7-8-9-10-15-24-22-12-11-21(18-19(22)2)25-20-13-16-23-17-14-20;5-3(6)1-2-4(7)8/h11-12,18,20,23-24H,3-10,13-17H2,1-2H3;1-2H,(H,5,6)(H,7,8). The van der Waals surface area contributed by atoms with Crippen LogP contribution < -0.4 is 15.4 Å². The lowest BCUT2D eigenvalue weighted by atomic mass is 10.1. The van der Waals surface area contributed by atoms with Crippen LogP contribution >= 0.6 is 0 Å². The third kappa shape index (κ3) is 15.0. The SMILES string of the molecule is CCCCCCCCCCNc1ccc(OC2CCNCC2)cc1C.O=C(O)C=CC(=O)O. The predicted molar refractivity (Wildman–Crippen MR) is 133 cm³/mol. The molecule has 1 aromatic carbocycles. The maximum Gasteiger partial charge on any atom is 0.328 e. The second kappa shape index (κ2) is 18.0. The predicted octanol–water partition coefficient (Wildman–Crippen LogP) is 5.39. The fourth-order valence-corrected chi connectivity index (χ4v) is 3.64. The third-order valence-corrected chi connectivity index (χ3v) is 5.50. The minimum atomic E-state index is -1.26. The molecule has 1 heterocycles. The molecule has 0 radical (unpaired) electrons. The Morgan fingerprint density at radius 1 is 1.00 bits per heavy atom. The topological polar surface area (TPSA) is 108 Å². The Kier molecular flexibility index (Phi) is 15.5. The van der Waals surface area contributed by atoms with E-state index in [-0.39, 0.29) is 0 Å². The second-order valence-corrected chi connectivity index (χ2v) is 8.46. The van der Waals surface area contributed by atoms with Crippen molar-refractivity contribution in [2.45, 2.75) is 84.2 Å². The number of benzene rings is 1. The minimum absolute atomic E-state index is 0.372. The zero-order chi connectivity index (χ0) is 24.3. The van der Waals surface area contributed by atoms with Crippen LogP contribution in [0.1, 0.15) is 76.7 Å². The molecule has 0 saturated carbocycles. The summed E-state index contributed by atoms with van der Waals surface area (Å²) in [6, 6.07) is 6.47. The number of aryl methyl sites for hydroxylation is 1. The fourth-order valence-electron chi connectivity index (χ4n) is 3.64. The van der Waals surface area contributed by atoms with Gasteiger partial charge >= 0.3 is 11.9 Å². The van der Waals surface area contributed by atoms with Gasteiger partial charge in [0.05, 0.1) is 0 Å². The molecule has 2 rings (SSSR count). The highest BCUT2D eigenvalue weighted by molar-refractivity contribution is 5.89. The molecule has 33 heavy (non-hydrogen) atoms. The summed E-state index contributed by atoms with van der Waals surface area (Å²) >= 11 is 0. The van der Waals surface area contributed by atoms with Gasteiger partial charge in [-0.3, -0.25) is 0 Å². The van der Waals surface area contributed by atoms with Gasteiger partial charge in [0.15, 0.2) is 0 Å². The molecule has 7 heteroatoms. The molecule has 0 amide bonds. The van der Waals surface area contributed by atoms with Gasteiger partial charge in [-0.05, 0) is 63.0 Å². The Morgan fingerprint density at radius 3 is 2.12 bits per heavy atom. The van der Waals surface area contributed by atoms with Crippen molar-refractivity contribution in [2.75, 3.05) is 25.0 Å². The van der Waals surface area contributed by atoms with Crippen molar-refractivity contribution in [3.05, 3.63) is 35.9 Å². The molecular weight excluding hydrogens is 420 g/mol. The highest BCUT2D eigenvalue weighted by atomic mass is 16.5. The summed E-state index contributed by atoms with van der Waals surface area (Å²) in [5.74, 6) is -1.50. The van der Waals surface area contributed by atoms with Crippen molar-refractivity contribution in [1.82, 2.24) is 5.32 Å². The first-order chi connectivity index (χ1) is 15.9. The van der Waals surface area contributed by atoms with Crippen LogP contribution in [-0.4, -0.2) is 47.9 Å². The van der Waals surface area contributed by atoms with E-state index in [1.807, 2.05) is 0 Å².